The highest BCUT2D eigenvalue weighted by Gasteiger charge is 2.22. The summed E-state index contributed by atoms with van der Waals surface area (Å²) in [6.07, 6.45) is 8.83. The molecule has 6 heteroatoms. The van der Waals surface area contributed by atoms with E-state index in [1.807, 2.05) is 12.3 Å². The molecule has 0 aliphatic carbocycles. The number of ether oxygens (including phenoxy) is 1. The van der Waals surface area contributed by atoms with Crippen LogP contribution in [0, 0.1) is 0 Å². The van der Waals surface area contributed by atoms with Crippen LogP contribution in [0.5, 0.6) is 10.9 Å². The molecule has 0 saturated carbocycles. The first-order valence-corrected chi connectivity index (χ1v) is 10.9. The molecule has 4 rings (SSSR count). The van der Waals surface area contributed by atoms with Crippen LogP contribution in [0.1, 0.15) is 31.2 Å². The molecule has 1 atom stereocenters. The molecule has 3 aromatic rings. The van der Waals surface area contributed by atoms with E-state index in [2.05, 4.69) is 58.1 Å². The van der Waals surface area contributed by atoms with Crippen LogP contribution in [0.2, 0.25) is 0 Å². The number of fused-ring (bicyclic) bond motifs is 1. The Bertz CT molecular complexity index is 860. The third-order valence-corrected chi connectivity index (χ3v) is 6.23. The molecular weight excluding hydrogens is 368 g/mol. The monoisotopic (exact) mass is 396 g/mol. The third kappa shape index (κ3) is 4.87. The minimum Gasteiger partial charge on any atom is -0.431 e. The molecule has 0 N–H and O–H groups in total. The minimum atomic E-state index is 0.663. The molecule has 2 aromatic heterocycles. The Kier molecular flexibility index (Phi) is 6.20. The number of rotatable bonds is 7. The number of benzene rings is 1. The number of likely N-dealkylation sites (tertiary alicyclic amines) is 1. The van der Waals surface area contributed by atoms with Gasteiger partial charge >= 0.3 is 0 Å². The van der Waals surface area contributed by atoms with Crippen LogP contribution in [0.4, 0.5) is 0 Å². The van der Waals surface area contributed by atoms with Gasteiger partial charge in [0, 0.05) is 25.0 Å². The van der Waals surface area contributed by atoms with E-state index in [1.54, 1.807) is 6.20 Å². The molecule has 0 bridgehead atoms. The zero-order valence-corrected chi connectivity index (χ0v) is 17.5. The van der Waals surface area contributed by atoms with E-state index in [0.717, 1.165) is 29.1 Å². The maximum atomic E-state index is 5.95. The predicted molar refractivity (Wildman–Crippen MR) is 115 cm³/mol. The van der Waals surface area contributed by atoms with Gasteiger partial charge in [0.05, 0.1) is 10.2 Å². The van der Waals surface area contributed by atoms with Crippen molar-refractivity contribution in [2.45, 2.75) is 38.3 Å². The number of hydrogen-bond donors (Lipinski definition) is 0. The van der Waals surface area contributed by atoms with Crippen molar-refractivity contribution in [2.24, 2.45) is 0 Å². The molecule has 148 valence electrons. The van der Waals surface area contributed by atoms with Crippen LogP contribution in [-0.4, -0.2) is 53.0 Å². The average Bonchev–Trinajstić information content (AvgIpc) is 3.11. The van der Waals surface area contributed by atoms with Crippen molar-refractivity contribution < 1.29 is 4.74 Å². The zero-order valence-electron chi connectivity index (χ0n) is 16.7. The Balaban J connectivity index is 1.38. The number of hydrogen-bond acceptors (Lipinski definition) is 6. The molecule has 1 aliphatic heterocycles. The van der Waals surface area contributed by atoms with Gasteiger partial charge in [-0.2, -0.15) is 0 Å². The first-order valence-electron chi connectivity index (χ1n) is 10.0. The van der Waals surface area contributed by atoms with Crippen LogP contribution < -0.4 is 4.74 Å². The Hall–Kier alpha value is -2.02. The summed E-state index contributed by atoms with van der Waals surface area (Å²) in [5.74, 6) is 0.832. The number of thiazole rings is 1. The lowest BCUT2D eigenvalue weighted by molar-refractivity contribution is 0.124. The molecule has 1 saturated heterocycles. The first kappa shape index (κ1) is 19.3. The van der Waals surface area contributed by atoms with Gasteiger partial charge in [-0.25, -0.2) is 4.98 Å². The molecule has 0 amide bonds. The standard InChI is InChI=1S/C22H28N4OS/c1-25(2)14-11-18-5-3-4-13-26(18)16-17-6-8-19(9-7-17)27-22-24-20-10-12-23-15-21(20)28-22/h6-10,12,15,18H,3-5,11,13-14,16H2,1-2H3. The lowest BCUT2D eigenvalue weighted by atomic mass is 9.98. The van der Waals surface area contributed by atoms with E-state index in [4.69, 9.17) is 4.74 Å². The van der Waals surface area contributed by atoms with Crippen molar-refractivity contribution in [3.8, 4) is 10.9 Å². The van der Waals surface area contributed by atoms with Crippen LogP contribution >= 0.6 is 11.3 Å². The highest BCUT2D eigenvalue weighted by molar-refractivity contribution is 7.20. The Morgan fingerprint density at radius 1 is 1.18 bits per heavy atom. The fourth-order valence-electron chi connectivity index (χ4n) is 3.80. The fourth-order valence-corrected chi connectivity index (χ4v) is 4.60. The van der Waals surface area contributed by atoms with Gasteiger partial charge in [0.15, 0.2) is 0 Å². The van der Waals surface area contributed by atoms with Crippen molar-refractivity contribution in [2.75, 3.05) is 27.2 Å². The van der Waals surface area contributed by atoms with Gasteiger partial charge in [0.25, 0.3) is 5.19 Å². The fraction of sp³-hybridized carbons (Fsp3) is 0.455. The zero-order chi connectivity index (χ0) is 19.3. The quantitative estimate of drug-likeness (QED) is 0.574. The van der Waals surface area contributed by atoms with Gasteiger partial charge in [0.2, 0.25) is 0 Å². The number of nitrogens with zero attached hydrogens (tertiary/aromatic N) is 4. The summed E-state index contributed by atoms with van der Waals surface area (Å²) < 4.78 is 7.00. The summed E-state index contributed by atoms with van der Waals surface area (Å²) in [4.78, 5) is 13.6. The van der Waals surface area contributed by atoms with Gasteiger partial charge in [-0.3, -0.25) is 9.88 Å². The Morgan fingerprint density at radius 3 is 2.82 bits per heavy atom. The topological polar surface area (TPSA) is 41.5 Å². The second-order valence-electron chi connectivity index (χ2n) is 7.78. The minimum absolute atomic E-state index is 0.663. The smallest absolute Gasteiger partial charge is 0.279 e. The van der Waals surface area contributed by atoms with Crippen LogP contribution in [-0.2, 0) is 6.54 Å². The number of pyridine rings is 1. The predicted octanol–water partition coefficient (Wildman–Crippen LogP) is 4.79. The molecular formula is C22H28N4OS. The lowest BCUT2D eigenvalue weighted by Crippen LogP contribution is -2.40. The van der Waals surface area contributed by atoms with Crippen molar-refractivity contribution in [1.29, 1.82) is 0 Å². The van der Waals surface area contributed by atoms with Gasteiger partial charge < -0.3 is 9.64 Å². The summed E-state index contributed by atoms with van der Waals surface area (Å²) in [6, 6.07) is 11.1. The second kappa shape index (κ2) is 8.99. The largest absolute Gasteiger partial charge is 0.431 e. The van der Waals surface area contributed by atoms with Crippen LogP contribution in [0.25, 0.3) is 10.2 Å². The molecule has 0 radical (unpaired) electrons. The molecule has 1 fully saturated rings. The van der Waals surface area contributed by atoms with E-state index in [1.165, 1.54) is 49.1 Å². The number of aromatic nitrogens is 2. The molecule has 1 aliphatic rings. The van der Waals surface area contributed by atoms with E-state index >= 15 is 0 Å². The van der Waals surface area contributed by atoms with Crippen LogP contribution in [0.15, 0.2) is 42.7 Å². The molecule has 0 spiro atoms. The molecule has 3 heterocycles. The SMILES string of the molecule is CN(C)CCC1CCCCN1Cc1ccc(Oc2nc3ccncc3s2)cc1. The van der Waals surface area contributed by atoms with Crippen molar-refractivity contribution >= 4 is 21.6 Å². The summed E-state index contributed by atoms with van der Waals surface area (Å²) in [5.41, 5.74) is 2.28. The Morgan fingerprint density at radius 2 is 2.04 bits per heavy atom. The highest BCUT2D eigenvalue weighted by atomic mass is 32.1. The maximum Gasteiger partial charge on any atom is 0.279 e. The van der Waals surface area contributed by atoms with Gasteiger partial charge in [-0.15, -0.1) is 0 Å². The average molecular weight is 397 g/mol. The molecule has 28 heavy (non-hydrogen) atoms. The molecule has 1 aromatic carbocycles. The summed E-state index contributed by atoms with van der Waals surface area (Å²) in [6.45, 7) is 3.38. The highest BCUT2D eigenvalue weighted by Crippen LogP contribution is 2.31. The van der Waals surface area contributed by atoms with E-state index in [0.29, 0.717) is 11.2 Å². The van der Waals surface area contributed by atoms with Crippen molar-refractivity contribution in [3.63, 3.8) is 0 Å². The second-order valence-corrected chi connectivity index (χ2v) is 8.77. The van der Waals surface area contributed by atoms with E-state index in [-0.39, 0.29) is 0 Å². The lowest BCUT2D eigenvalue weighted by Gasteiger charge is -2.36. The maximum absolute atomic E-state index is 5.95. The van der Waals surface area contributed by atoms with Crippen molar-refractivity contribution in [3.05, 3.63) is 48.3 Å². The normalized spacial score (nSPS) is 18.0. The summed E-state index contributed by atoms with van der Waals surface area (Å²) >= 11 is 1.52. The number of piperidine rings is 1. The summed E-state index contributed by atoms with van der Waals surface area (Å²) in [7, 11) is 4.32. The van der Waals surface area contributed by atoms with Gasteiger partial charge in [-0.1, -0.05) is 29.9 Å². The molecule has 5 nitrogen and oxygen atoms in total. The Labute approximate surface area is 171 Å². The van der Waals surface area contributed by atoms with Crippen molar-refractivity contribution in [1.82, 2.24) is 19.8 Å². The molecule has 1 unspecified atom stereocenters. The van der Waals surface area contributed by atoms with Gasteiger partial charge in [0.1, 0.15) is 5.75 Å². The third-order valence-electron chi connectivity index (χ3n) is 5.34. The van der Waals surface area contributed by atoms with E-state index < -0.39 is 0 Å². The summed E-state index contributed by atoms with van der Waals surface area (Å²) in [5, 5.41) is 0.663. The van der Waals surface area contributed by atoms with Gasteiger partial charge in [-0.05, 0) is 70.2 Å². The first-order chi connectivity index (χ1) is 13.7. The van der Waals surface area contributed by atoms with E-state index in [9.17, 15) is 0 Å². The van der Waals surface area contributed by atoms with Crippen LogP contribution in [0.3, 0.4) is 0 Å².